The van der Waals surface area contributed by atoms with Gasteiger partial charge in [0.05, 0.1) is 6.04 Å². The van der Waals surface area contributed by atoms with Gasteiger partial charge >= 0.3 is 12.2 Å². The summed E-state index contributed by atoms with van der Waals surface area (Å²) in [6.07, 6.45) is 8.99. The molecule has 1 atom stereocenters. The molecule has 0 aromatic carbocycles. The third-order valence-corrected chi connectivity index (χ3v) is 6.06. The maximum Gasteiger partial charge on any atom is 0.416 e. The Kier molecular flexibility index (Phi) is 7.91. The van der Waals surface area contributed by atoms with Crippen molar-refractivity contribution >= 4 is 18.0 Å². The predicted molar refractivity (Wildman–Crippen MR) is 129 cm³/mol. The fourth-order valence-electron chi connectivity index (χ4n) is 4.72. The molecular weight excluding hydrogens is 418 g/mol. The smallest absolute Gasteiger partial charge is 0.416 e. The number of pyridine rings is 1. The average Bonchev–Trinajstić information content (AvgIpc) is 2.73. The van der Waals surface area contributed by atoms with Gasteiger partial charge in [-0.1, -0.05) is 25.3 Å². The molecule has 1 saturated heterocycles. The largest absolute Gasteiger partial charge is 0.444 e. The molecule has 0 bridgehead atoms. The van der Waals surface area contributed by atoms with Crippen molar-refractivity contribution in [1.82, 2.24) is 9.88 Å². The average molecular weight is 460 g/mol. The number of piperidine rings is 1. The van der Waals surface area contributed by atoms with Gasteiger partial charge in [-0.05, 0) is 79.7 Å². The Bertz CT molecular complexity index is 822. The van der Waals surface area contributed by atoms with Gasteiger partial charge in [0.25, 0.3) is 0 Å². The molecule has 3 rings (SSSR count). The van der Waals surface area contributed by atoms with Crippen molar-refractivity contribution in [2.45, 2.75) is 116 Å². The summed E-state index contributed by atoms with van der Waals surface area (Å²) in [7, 11) is 0. The summed E-state index contributed by atoms with van der Waals surface area (Å²) in [5.41, 5.74) is -0.284. The maximum absolute atomic E-state index is 13.5. The molecule has 1 aromatic heterocycles. The molecule has 0 N–H and O–H groups in total. The molecule has 2 aliphatic rings. The summed E-state index contributed by atoms with van der Waals surface area (Å²) in [4.78, 5) is 34.8. The van der Waals surface area contributed by atoms with Gasteiger partial charge in [-0.15, -0.1) is 0 Å². The molecule has 184 valence electrons. The normalized spacial score (nSPS) is 20.3. The van der Waals surface area contributed by atoms with E-state index in [2.05, 4.69) is 0 Å². The highest BCUT2D eigenvalue weighted by molar-refractivity contribution is 5.88. The summed E-state index contributed by atoms with van der Waals surface area (Å²) in [6, 6.07) is 3.73. The second kappa shape index (κ2) is 10.3. The minimum Gasteiger partial charge on any atom is -0.444 e. The van der Waals surface area contributed by atoms with Gasteiger partial charge in [-0.2, -0.15) is 0 Å². The molecule has 1 aliphatic carbocycles. The highest BCUT2D eigenvalue weighted by Gasteiger charge is 2.38. The van der Waals surface area contributed by atoms with Crippen LogP contribution in [0.3, 0.4) is 0 Å². The maximum atomic E-state index is 13.5. The molecule has 7 heteroatoms. The minimum atomic E-state index is -0.605. The number of ether oxygens (including phenoxy) is 2. The van der Waals surface area contributed by atoms with Crippen LogP contribution in [0.5, 0.6) is 0 Å². The summed E-state index contributed by atoms with van der Waals surface area (Å²) in [5, 5.41) is 0. The van der Waals surface area contributed by atoms with E-state index in [4.69, 9.17) is 14.5 Å². The zero-order valence-corrected chi connectivity index (χ0v) is 21.2. The van der Waals surface area contributed by atoms with Crippen molar-refractivity contribution in [2.24, 2.45) is 0 Å². The second-order valence-electron chi connectivity index (χ2n) is 11.2. The van der Waals surface area contributed by atoms with Gasteiger partial charge in [0.2, 0.25) is 0 Å². The number of anilines is 1. The molecule has 1 aliphatic heterocycles. The lowest BCUT2D eigenvalue weighted by Gasteiger charge is -2.40. The number of likely N-dealkylation sites (tertiary alicyclic amines) is 1. The fourth-order valence-corrected chi connectivity index (χ4v) is 4.72. The molecule has 33 heavy (non-hydrogen) atoms. The van der Waals surface area contributed by atoms with Crippen LogP contribution in [0.1, 0.15) is 105 Å². The molecular formula is C26H41N3O4. The number of carbonyl (C=O) groups excluding carboxylic acids is 2. The Morgan fingerprint density at radius 3 is 2.21 bits per heavy atom. The van der Waals surface area contributed by atoms with Crippen molar-refractivity contribution in [3.63, 3.8) is 0 Å². The molecule has 0 spiro atoms. The molecule has 0 radical (unpaired) electrons. The van der Waals surface area contributed by atoms with Gasteiger partial charge in [-0.25, -0.2) is 14.6 Å². The Balaban J connectivity index is 1.99. The Hall–Kier alpha value is -2.31. The molecule has 2 heterocycles. The van der Waals surface area contributed by atoms with Crippen molar-refractivity contribution in [1.29, 1.82) is 0 Å². The van der Waals surface area contributed by atoms with E-state index < -0.39 is 11.2 Å². The second-order valence-corrected chi connectivity index (χ2v) is 11.2. The highest BCUT2D eigenvalue weighted by atomic mass is 16.6. The quantitative estimate of drug-likeness (QED) is 0.508. The monoisotopic (exact) mass is 459 g/mol. The standard InChI is InChI=1S/C26H41N3O4/c1-25(2,3)32-23(30)28-18-11-10-16-21(28)20-15-12-17-27-22(20)29(19-13-8-7-9-14-19)24(31)33-26(4,5)6/h12,15,17,19,21H,7-11,13-14,16,18H2,1-6H3/t21-/m0/s1. The third kappa shape index (κ3) is 6.84. The van der Waals surface area contributed by atoms with E-state index in [1.54, 1.807) is 11.1 Å². The zero-order valence-electron chi connectivity index (χ0n) is 21.2. The summed E-state index contributed by atoms with van der Waals surface area (Å²) in [6.45, 7) is 11.9. The van der Waals surface area contributed by atoms with Crippen LogP contribution in [-0.2, 0) is 9.47 Å². The SMILES string of the molecule is CC(C)(C)OC(=O)N(c1ncccc1[C@@H]1CCCCN1C(=O)OC(C)(C)C)C1CCCCC1. The van der Waals surface area contributed by atoms with Gasteiger partial charge in [0.15, 0.2) is 0 Å². The van der Waals surface area contributed by atoms with Crippen molar-refractivity contribution in [2.75, 3.05) is 11.4 Å². The topological polar surface area (TPSA) is 72.0 Å². The van der Waals surface area contributed by atoms with Crippen LogP contribution in [0.15, 0.2) is 18.3 Å². The molecule has 1 aromatic rings. The summed E-state index contributed by atoms with van der Waals surface area (Å²) in [5.74, 6) is 0.610. The highest BCUT2D eigenvalue weighted by Crippen LogP contribution is 2.38. The van der Waals surface area contributed by atoms with E-state index in [-0.39, 0.29) is 24.3 Å². The lowest BCUT2D eigenvalue weighted by atomic mass is 9.92. The molecule has 1 saturated carbocycles. The minimum absolute atomic E-state index is 0.0424. The summed E-state index contributed by atoms with van der Waals surface area (Å²) >= 11 is 0. The zero-order chi connectivity index (χ0) is 24.2. The van der Waals surface area contributed by atoms with Crippen molar-refractivity contribution in [3.8, 4) is 0 Å². The third-order valence-electron chi connectivity index (χ3n) is 6.06. The van der Waals surface area contributed by atoms with Crippen LogP contribution < -0.4 is 4.90 Å². The lowest BCUT2D eigenvalue weighted by molar-refractivity contribution is 0.00954. The van der Waals surface area contributed by atoms with Crippen LogP contribution in [0.2, 0.25) is 0 Å². The number of rotatable bonds is 3. The van der Waals surface area contributed by atoms with Crippen molar-refractivity contribution < 1.29 is 19.1 Å². The number of hydrogen-bond donors (Lipinski definition) is 0. The Morgan fingerprint density at radius 2 is 1.58 bits per heavy atom. The van der Waals surface area contributed by atoms with Gasteiger partial charge < -0.3 is 14.4 Å². The molecule has 0 unspecified atom stereocenters. The van der Waals surface area contributed by atoms with E-state index in [0.29, 0.717) is 12.4 Å². The van der Waals surface area contributed by atoms with Gasteiger partial charge in [-0.3, -0.25) is 4.90 Å². The first-order valence-electron chi connectivity index (χ1n) is 12.4. The Labute approximate surface area is 198 Å². The van der Waals surface area contributed by atoms with E-state index in [1.807, 2.05) is 58.6 Å². The fraction of sp³-hybridized carbons (Fsp3) is 0.731. The number of amides is 2. The van der Waals surface area contributed by atoms with Crippen LogP contribution in [-0.4, -0.2) is 45.9 Å². The first-order chi connectivity index (χ1) is 15.5. The molecule has 2 fully saturated rings. The number of carbonyl (C=O) groups is 2. The molecule has 2 amide bonds. The molecule has 7 nitrogen and oxygen atoms in total. The summed E-state index contributed by atoms with van der Waals surface area (Å²) < 4.78 is 11.6. The number of hydrogen-bond acceptors (Lipinski definition) is 5. The number of nitrogens with zero attached hydrogens (tertiary/aromatic N) is 3. The Morgan fingerprint density at radius 1 is 0.939 bits per heavy atom. The first-order valence-corrected chi connectivity index (χ1v) is 12.4. The van der Waals surface area contributed by atoms with E-state index in [9.17, 15) is 9.59 Å². The number of aromatic nitrogens is 1. The lowest BCUT2D eigenvalue weighted by Crippen LogP contribution is -2.47. The van der Waals surface area contributed by atoms with Crippen LogP contribution in [0.25, 0.3) is 0 Å². The van der Waals surface area contributed by atoms with Gasteiger partial charge in [0, 0.05) is 24.3 Å². The van der Waals surface area contributed by atoms with Gasteiger partial charge in [0.1, 0.15) is 17.0 Å². The van der Waals surface area contributed by atoms with E-state index in [0.717, 1.165) is 50.5 Å². The first kappa shape index (κ1) is 25.3. The predicted octanol–water partition coefficient (Wildman–Crippen LogP) is 6.62. The van der Waals surface area contributed by atoms with Crippen LogP contribution in [0.4, 0.5) is 15.4 Å². The van der Waals surface area contributed by atoms with Crippen LogP contribution in [0, 0.1) is 0 Å². The van der Waals surface area contributed by atoms with E-state index in [1.165, 1.54) is 6.42 Å². The van der Waals surface area contributed by atoms with E-state index >= 15 is 0 Å². The van der Waals surface area contributed by atoms with Crippen molar-refractivity contribution in [3.05, 3.63) is 23.9 Å². The van der Waals surface area contributed by atoms with Crippen LogP contribution >= 0.6 is 0 Å².